The van der Waals surface area contributed by atoms with Crippen molar-refractivity contribution in [1.82, 2.24) is 4.72 Å². The third kappa shape index (κ3) is 3.32. The molecule has 1 atom stereocenters. The number of fused-ring (bicyclic) bond motifs is 1. The molecule has 0 aliphatic carbocycles. The molecule has 4 rings (SSSR count). The summed E-state index contributed by atoms with van der Waals surface area (Å²) in [6.45, 7) is 1.38. The Morgan fingerprint density at radius 1 is 0.923 bits per heavy atom. The lowest BCUT2D eigenvalue weighted by molar-refractivity contribution is 0.568. The fourth-order valence-electron chi connectivity index (χ4n) is 3.72. The molecule has 1 fully saturated rings. The molecule has 5 heteroatoms. The number of benzene rings is 3. The Balaban J connectivity index is 1.55. The van der Waals surface area contributed by atoms with Crippen LogP contribution in [-0.4, -0.2) is 27.5 Å². The number of para-hydroxylation sites is 1. The number of rotatable bonds is 5. The second kappa shape index (κ2) is 7.09. The van der Waals surface area contributed by atoms with E-state index in [0.29, 0.717) is 11.4 Å². The van der Waals surface area contributed by atoms with Crippen LogP contribution < -0.4 is 9.62 Å². The minimum atomic E-state index is -3.56. The number of anilines is 1. The van der Waals surface area contributed by atoms with Gasteiger partial charge in [-0.15, -0.1) is 0 Å². The maximum Gasteiger partial charge on any atom is 0.241 e. The van der Waals surface area contributed by atoms with Gasteiger partial charge in [-0.25, -0.2) is 13.1 Å². The van der Waals surface area contributed by atoms with Crippen LogP contribution in [0.4, 0.5) is 5.69 Å². The Morgan fingerprint density at radius 2 is 1.65 bits per heavy atom. The second-order valence-corrected chi connectivity index (χ2v) is 8.39. The summed E-state index contributed by atoms with van der Waals surface area (Å²) in [5.41, 5.74) is 1.15. The standard InChI is InChI=1S/C21H22N2O2S/c24-26(25,21-14-6-9-17-8-4-5-13-20(17)21)22-16-19-12-7-15-23(19)18-10-2-1-3-11-18/h1-6,8-11,13-14,19,22H,7,12,15-16H2/t19-/m1/s1. The van der Waals surface area contributed by atoms with Gasteiger partial charge in [0.2, 0.25) is 10.0 Å². The summed E-state index contributed by atoms with van der Waals surface area (Å²) < 4.78 is 28.7. The van der Waals surface area contributed by atoms with Gasteiger partial charge in [-0.3, -0.25) is 0 Å². The zero-order chi connectivity index (χ0) is 18.0. The van der Waals surface area contributed by atoms with Gasteiger partial charge in [-0.2, -0.15) is 0 Å². The summed E-state index contributed by atoms with van der Waals surface area (Å²) in [7, 11) is -3.56. The van der Waals surface area contributed by atoms with Crippen LogP contribution in [0.1, 0.15) is 12.8 Å². The van der Waals surface area contributed by atoms with Crippen LogP contribution in [0, 0.1) is 0 Å². The molecule has 0 saturated carbocycles. The first-order valence-electron chi connectivity index (χ1n) is 8.94. The van der Waals surface area contributed by atoms with Crippen molar-refractivity contribution in [1.29, 1.82) is 0 Å². The van der Waals surface area contributed by atoms with Crippen molar-refractivity contribution in [3.05, 3.63) is 72.8 Å². The van der Waals surface area contributed by atoms with Gasteiger partial charge in [0.1, 0.15) is 0 Å². The average Bonchev–Trinajstić information content (AvgIpc) is 3.15. The van der Waals surface area contributed by atoms with Crippen LogP contribution in [0.25, 0.3) is 10.8 Å². The molecule has 0 spiro atoms. The van der Waals surface area contributed by atoms with E-state index in [2.05, 4.69) is 21.8 Å². The molecular weight excluding hydrogens is 344 g/mol. The molecule has 26 heavy (non-hydrogen) atoms. The van der Waals surface area contributed by atoms with E-state index in [4.69, 9.17) is 0 Å². The normalized spacial score (nSPS) is 17.7. The Labute approximate surface area is 154 Å². The number of nitrogens with zero attached hydrogens (tertiary/aromatic N) is 1. The van der Waals surface area contributed by atoms with Gasteiger partial charge in [0.25, 0.3) is 0 Å². The van der Waals surface area contributed by atoms with Gasteiger partial charge in [-0.1, -0.05) is 54.6 Å². The van der Waals surface area contributed by atoms with Gasteiger partial charge < -0.3 is 4.90 Å². The van der Waals surface area contributed by atoms with Gasteiger partial charge >= 0.3 is 0 Å². The maximum absolute atomic E-state index is 12.9. The fraction of sp³-hybridized carbons (Fsp3) is 0.238. The van der Waals surface area contributed by atoms with E-state index in [1.165, 1.54) is 0 Å². The smallest absolute Gasteiger partial charge is 0.241 e. The number of sulfonamides is 1. The first kappa shape index (κ1) is 17.1. The molecule has 0 unspecified atom stereocenters. The number of hydrogen-bond donors (Lipinski definition) is 1. The third-order valence-corrected chi connectivity index (χ3v) is 6.49. The van der Waals surface area contributed by atoms with Crippen LogP contribution >= 0.6 is 0 Å². The summed E-state index contributed by atoms with van der Waals surface area (Å²) in [5, 5.41) is 1.69. The first-order valence-corrected chi connectivity index (χ1v) is 10.4. The Bertz CT molecular complexity index is 997. The highest BCUT2D eigenvalue weighted by Gasteiger charge is 2.27. The van der Waals surface area contributed by atoms with E-state index in [1.54, 1.807) is 12.1 Å². The van der Waals surface area contributed by atoms with Gasteiger partial charge in [0.15, 0.2) is 0 Å². The zero-order valence-electron chi connectivity index (χ0n) is 14.5. The van der Waals surface area contributed by atoms with E-state index in [-0.39, 0.29) is 6.04 Å². The van der Waals surface area contributed by atoms with E-state index < -0.39 is 10.0 Å². The minimum absolute atomic E-state index is 0.183. The molecule has 3 aromatic rings. The van der Waals surface area contributed by atoms with Gasteiger partial charge in [0.05, 0.1) is 4.90 Å². The van der Waals surface area contributed by atoms with Crippen LogP contribution in [0.2, 0.25) is 0 Å². The molecule has 0 aromatic heterocycles. The summed E-state index contributed by atoms with van der Waals surface area (Å²) in [6.07, 6.45) is 2.07. The fourth-order valence-corrected chi connectivity index (χ4v) is 5.02. The van der Waals surface area contributed by atoms with Crippen LogP contribution in [0.3, 0.4) is 0 Å². The Morgan fingerprint density at radius 3 is 2.50 bits per heavy atom. The molecule has 134 valence electrons. The molecule has 0 bridgehead atoms. The van der Waals surface area contributed by atoms with Crippen LogP contribution in [0.5, 0.6) is 0 Å². The monoisotopic (exact) mass is 366 g/mol. The molecule has 0 radical (unpaired) electrons. The highest BCUT2D eigenvalue weighted by molar-refractivity contribution is 7.89. The van der Waals surface area contributed by atoms with Crippen molar-refractivity contribution >= 4 is 26.5 Å². The lowest BCUT2D eigenvalue weighted by atomic mass is 10.1. The second-order valence-electron chi connectivity index (χ2n) is 6.65. The Kier molecular flexibility index (Phi) is 4.66. The largest absolute Gasteiger partial charge is 0.367 e. The number of nitrogens with one attached hydrogen (secondary N) is 1. The van der Waals surface area contributed by atoms with Crippen molar-refractivity contribution in [2.45, 2.75) is 23.8 Å². The van der Waals surface area contributed by atoms with E-state index >= 15 is 0 Å². The highest BCUT2D eigenvalue weighted by atomic mass is 32.2. The predicted octanol–water partition coefficient (Wildman–Crippen LogP) is 3.79. The minimum Gasteiger partial charge on any atom is -0.367 e. The van der Waals surface area contributed by atoms with E-state index in [0.717, 1.165) is 35.8 Å². The molecule has 4 nitrogen and oxygen atoms in total. The molecule has 1 aliphatic rings. The molecule has 0 amide bonds. The third-order valence-electron chi connectivity index (χ3n) is 5.01. The summed E-state index contributed by atoms with van der Waals surface area (Å²) in [4.78, 5) is 2.64. The Hall–Kier alpha value is -2.37. The zero-order valence-corrected chi connectivity index (χ0v) is 15.3. The average molecular weight is 366 g/mol. The maximum atomic E-state index is 12.9. The molecule has 1 heterocycles. The van der Waals surface area contributed by atoms with Gasteiger partial charge in [0, 0.05) is 30.2 Å². The topological polar surface area (TPSA) is 49.4 Å². The van der Waals surface area contributed by atoms with Crippen molar-refractivity contribution in [3.63, 3.8) is 0 Å². The molecule has 1 saturated heterocycles. The van der Waals surface area contributed by atoms with Crippen molar-refractivity contribution in [2.24, 2.45) is 0 Å². The van der Waals surface area contributed by atoms with Crippen molar-refractivity contribution in [2.75, 3.05) is 18.0 Å². The lowest BCUT2D eigenvalue weighted by Gasteiger charge is -2.27. The molecule has 1 aliphatic heterocycles. The summed E-state index contributed by atoms with van der Waals surface area (Å²) in [6, 6.07) is 23.4. The number of hydrogen-bond acceptors (Lipinski definition) is 3. The van der Waals surface area contributed by atoms with Crippen molar-refractivity contribution < 1.29 is 8.42 Å². The lowest BCUT2D eigenvalue weighted by Crippen LogP contribution is -2.40. The molecule has 1 N–H and O–H groups in total. The molecular formula is C21H22N2O2S. The van der Waals surface area contributed by atoms with E-state index in [9.17, 15) is 8.42 Å². The molecule has 3 aromatic carbocycles. The van der Waals surface area contributed by atoms with E-state index in [1.807, 2.05) is 48.5 Å². The summed E-state index contributed by atoms with van der Waals surface area (Å²) >= 11 is 0. The first-order chi connectivity index (χ1) is 12.6. The highest BCUT2D eigenvalue weighted by Crippen LogP contribution is 2.26. The van der Waals surface area contributed by atoms with Crippen molar-refractivity contribution in [3.8, 4) is 0 Å². The summed E-state index contributed by atoms with van der Waals surface area (Å²) in [5.74, 6) is 0. The predicted molar refractivity (Wildman–Crippen MR) is 106 cm³/mol. The van der Waals surface area contributed by atoms with Crippen LogP contribution in [-0.2, 0) is 10.0 Å². The van der Waals surface area contributed by atoms with Crippen LogP contribution in [0.15, 0.2) is 77.7 Å². The quantitative estimate of drug-likeness (QED) is 0.747. The SMILES string of the molecule is O=S(=O)(NC[C@H]1CCCN1c1ccccc1)c1cccc2ccccc12. The van der Waals surface area contributed by atoms with Gasteiger partial charge in [-0.05, 0) is 36.4 Å².